The van der Waals surface area contributed by atoms with Gasteiger partial charge in [-0.05, 0) is 31.4 Å². The molecule has 100 valence electrons. The molecule has 0 radical (unpaired) electrons. The summed E-state index contributed by atoms with van der Waals surface area (Å²) in [6, 6.07) is 7.77. The molecular weight excluding hydrogens is 238 g/mol. The maximum absolute atomic E-state index is 12.6. The number of hydrogen-bond acceptors (Lipinski definition) is 2. The summed E-state index contributed by atoms with van der Waals surface area (Å²) in [7, 11) is 0. The number of hydrogen-bond donors (Lipinski definition) is 1. The average Bonchev–Trinajstić information content (AvgIpc) is 3.26. The highest BCUT2D eigenvalue weighted by Crippen LogP contribution is 2.28. The van der Waals surface area contributed by atoms with E-state index in [1.165, 1.54) is 0 Å². The Labute approximate surface area is 114 Å². The lowest BCUT2D eigenvalue weighted by Crippen LogP contribution is -2.34. The van der Waals surface area contributed by atoms with Crippen molar-refractivity contribution >= 4 is 5.91 Å². The molecule has 3 nitrogen and oxygen atoms in total. The predicted octanol–water partition coefficient (Wildman–Crippen LogP) is 2.04. The zero-order valence-corrected chi connectivity index (χ0v) is 11.2. The van der Waals surface area contributed by atoms with Crippen LogP contribution in [-0.2, 0) is 0 Å². The highest BCUT2D eigenvalue weighted by Gasteiger charge is 2.32. The first-order chi connectivity index (χ1) is 9.27. The topological polar surface area (TPSA) is 40.5 Å². The first-order valence-electron chi connectivity index (χ1n) is 6.77. The van der Waals surface area contributed by atoms with Gasteiger partial charge in [0.15, 0.2) is 0 Å². The SMILES string of the molecule is CCCN(C(=O)c1ccccc1C#CCO)C1CC1. The first kappa shape index (κ1) is 13.6. The normalized spacial score (nSPS) is 13.6. The molecule has 0 aromatic heterocycles. The summed E-state index contributed by atoms with van der Waals surface area (Å²) >= 11 is 0. The molecule has 2 rings (SSSR count). The molecule has 1 N–H and O–H groups in total. The number of carbonyl (C=O) groups excluding carboxylic acids is 1. The number of rotatable bonds is 4. The summed E-state index contributed by atoms with van der Waals surface area (Å²) in [5.74, 6) is 5.53. The van der Waals surface area contributed by atoms with Crippen LogP contribution in [0.5, 0.6) is 0 Å². The zero-order chi connectivity index (χ0) is 13.7. The first-order valence-corrected chi connectivity index (χ1v) is 6.77. The van der Waals surface area contributed by atoms with E-state index in [9.17, 15) is 4.79 Å². The molecule has 1 aromatic carbocycles. The summed E-state index contributed by atoms with van der Waals surface area (Å²) in [5, 5.41) is 8.78. The zero-order valence-electron chi connectivity index (χ0n) is 11.2. The number of carbonyl (C=O) groups is 1. The van der Waals surface area contributed by atoms with Crippen LogP contribution < -0.4 is 0 Å². The van der Waals surface area contributed by atoms with E-state index in [0.717, 1.165) is 25.8 Å². The van der Waals surface area contributed by atoms with Crippen LogP contribution in [0.15, 0.2) is 24.3 Å². The van der Waals surface area contributed by atoms with E-state index in [-0.39, 0.29) is 12.5 Å². The Bertz CT molecular complexity index is 509. The summed E-state index contributed by atoms with van der Waals surface area (Å²) in [5.41, 5.74) is 1.34. The Morgan fingerprint density at radius 1 is 1.42 bits per heavy atom. The lowest BCUT2D eigenvalue weighted by molar-refractivity contribution is 0.0743. The van der Waals surface area contributed by atoms with Crippen molar-refractivity contribution in [2.24, 2.45) is 0 Å². The molecule has 1 aromatic rings. The van der Waals surface area contributed by atoms with Gasteiger partial charge in [-0.25, -0.2) is 0 Å². The molecule has 1 saturated carbocycles. The Balaban J connectivity index is 2.26. The lowest BCUT2D eigenvalue weighted by Gasteiger charge is -2.22. The van der Waals surface area contributed by atoms with Crippen LogP contribution in [0.2, 0.25) is 0 Å². The molecular formula is C16H19NO2. The van der Waals surface area contributed by atoms with E-state index in [0.29, 0.717) is 17.2 Å². The van der Waals surface area contributed by atoms with Gasteiger partial charge in [-0.3, -0.25) is 4.79 Å². The van der Waals surface area contributed by atoms with E-state index >= 15 is 0 Å². The van der Waals surface area contributed by atoms with Gasteiger partial charge in [-0.15, -0.1) is 0 Å². The second-order valence-corrected chi connectivity index (χ2v) is 4.74. The van der Waals surface area contributed by atoms with Crippen molar-refractivity contribution < 1.29 is 9.90 Å². The van der Waals surface area contributed by atoms with Gasteiger partial charge < -0.3 is 10.0 Å². The predicted molar refractivity (Wildman–Crippen MR) is 74.8 cm³/mol. The maximum atomic E-state index is 12.6. The van der Waals surface area contributed by atoms with Crippen LogP contribution in [0.3, 0.4) is 0 Å². The van der Waals surface area contributed by atoms with Gasteiger partial charge in [0.1, 0.15) is 6.61 Å². The van der Waals surface area contributed by atoms with Crippen molar-refractivity contribution in [3.63, 3.8) is 0 Å². The smallest absolute Gasteiger partial charge is 0.255 e. The van der Waals surface area contributed by atoms with Crippen molar-refractivity contribution in [3.05, 3.63) is 35.4 Å². The second kappa shape index (κ2) is 6.40. The van der Waals surface area contributed by atoms with Gasteiger partial charge in [0.25, 0.3) is 5.91 Å². The summed E-state index contributed by atoms with van der Waals surface area (Å²) in [4.78, 5) is 14.6. The number of benzene rings is 1. The summed E-state index contributed by atoms with van der Waals surface area (Å²) < 4.78 is 0. The minimum absolute atomic E-state index is 0.0622. The van der Waals surface area contributed by atoms with Crippen molar-refractivity contribution in [3.8, 4) is 11.8 Å². The van der Waals surface area contributed by atoms with Crippen LogP contribution in [0.25, 0.3) is 0 Å². The second-order valence-electron chi connectivity index (χ2n) is 4.74. The Morgan fingerprint density at radius 3 is 2.79 bits per heavy atom. The van der Waals surface area contributed by atoms with E-state index in [1.807, 2.05) is 29.2 Å². The Hall–Kier alpha value is -1.79. The molecule has 0 atom stereocenters. The molecule has 1 amide bonds. The quantitative estimate of drug-likeness (QED) is 0.839. The van der Waals surface area contributed by atoms with Gasteiger partial charge in [-0.2, -0.15) is 0 Å². The molecule has 1 aliphatic rings. The van der Waals surface area contributed by atoms with Gasteiger partial charge in [0, 0.05) is 18.2 Å². The Kier molecular flexibility index (Phi) is 4.59. The van der Waals surface area contributed by atoms with Crippen molar-refractivity contribution in [2.45, 2.75) is 32.2 Å². The van der Waals surface area contributed by atoms with Crippen LogP contribution in [0.4, 0.5) is 0 Å². The summed E-state index contributed by atoms with van der Waals surface area (Å²) in [6.07, 6.45) is 3.18. The number of aliphatic hydroxyl groups is 1. The molecule has 0 bridgehead atoms. The molecule has 1 aliphatic carbocycles. The Morgan fingerprint density at radius 2 is 2.16 bits per heavy atom. The van der Waals surface area contributed by atoms with Crippen molar-refractivity contribution in [2.75, 3.05) is 13.2 Å². The van der Waals surface area contributed by atoms with E-state index in [4.69, 9.17) is 5.11 Å². The average molecular weight is 257 g/mol. The van der Waals surface area contributed by atoms with E-state index in [1.54, 1.807) is 0 Å². The molecule has 0 aliphatic heterocycles. The number of nitrogens with zero attached hydrogens (tertiary/aromatic N) is 1. The minimum Gasteiger partial charge on any atom is -0.384 e. The molecule has 0 saturated heterocycles. The molecule has 0 spiro atoms. The fourth-order valence-electron chi connectivity index (χ4n) is 2.15. The lowest BCUT2D eigenvalue weighted by atomic mass is 10.1. The van der Waals surface area contributed by atoms with Crippen LogP contribution in [0, 0.1) is 11.8 Å². The largest absolute Gasteiger partial charge is 0.384 e. The minimum atomic E-state index is -0.191. The van der Waals surface area contributed by atoms with Crippen LogP contribution >= 0.6 is 0 Å². The van der Waals surface area contributed by atoms with Crippen molar-refractivity contribution in [1.82, 2.24) is 4.90 Å². The van der Waals surface area contributed by atoms with Crippen molar-refractivity contribution in [1.29, 1.82) is 0 Å². The third-order valence-corrected chi connectivity index (χ3v) is 3.17. The van der Waals surface area contributed by atoms with Crippen LogP contribution in [-0.4, -0.2) is 35.1 Å². The molecule has 0 unspecified atom stereocenters. The van der Waals surface area contributed by atoms with Gasteiger partial charge in [-0.1, -0.05) is 30.9 Å². The maximum Gasteiger partial charge on any atom is 0.255 e. The van der Waals surface area contributed by atoms with Crippen LogP contribution in [0.1, 0.15) is 42.1 Å². The molecule has 3 heteroatoms. The van der Waals surface area contributed by atoms with Gasteiger partial charge in [0.2, 0.25) is 0 Å². The third kappa shape index (κ3) is 3.36. The highest BCUT2D eigenvalue weighted by atomic mass is 16.2. The molecule has 19 heavy (non-hydrogen) atoms. The number of amides is 1. The van der Waals surface area contributed by atoms with E-state index in [2.05, 4.69) is 18.8 Å². The fraction of sp³-hybridized carbons (Fsp3) is 0.438. The standard InChI is InChI=1S/C16H19NO2/c1-2-11-17(14-9-10-14)16(19)15-8-4-3-6-13(15)7-5-12-18/h3-4,6,8,14,18H,2,9-12H2,1H3. The van der Waals surface area contributed by atoms with Gasteiger partial charge in [0.05, 0.1) is 5.56 Å². The van der Waals surface area contributed by atoms with E-state index < -0.39 is 0 Å². The third-order valence-electron chi connectivity index (χ3n) is 3.17. The molecule has 1 fully saturated rings. The molecule has 0 heterocycles. The highest BCUT2D eigenvalue weighted by molar-refractivity contribution is 5.97. The monoisotopic (exact) mass is 257 g/mol. The fourth-order valence-corrected chi connectivity index (χ4v) is 2.15. The van der Waals surface area contributed by atoms with Gasteiger partial charge >= 0.3 is 0 Å². The number of aliphatic hydroxyl groups excluding tert-OH is 1. The summed E-state index contributed by atoms with van der Waals surface area (Å²) in [6.45, 7) is 2.69.